The smallest absolute Gasteiger partial charge is 0.337 e. The number of hydrogen-bond donors (Lipinski definition) is 0. The molecule has 6 heteroatoms. The van der Waals surface area contributed by atoms with Crippen molar-refractivity contribution in [2.24, 2.45) is 7.05 Å². The average molecular weight is 368 g/mol. The summed E-state index contributed by atoms with van der Waals surface area (Å²) in [4.78, 5) is 11.4. The molecule has 0 fully saturated rings. The van der Waals surface area contributed by atoms with Crippen molar-refractivity contribution < 1.29 is 23.9 Å². The number of imidazole rings is 1. The van der Waals surface area contributed by atoms with Gasteiger partial charge in [0.1, 0.15) is 5.75 Å². The Balaban J connectivity index is 1.69. The van der Waals surface area contributed by atoms with Gasteiger partial charge in [-0.1, -0.05) is 25.2 Å². The Morgan fingerprint density at radius 2 is 1.89 bits per heavy atom. The lowest BCUT2D eigenvalue weighted by molar-refractivity contribution is -0.654. The first kappa shape index (κ1) is 18.9. The van der Waals surface area contributed by atoms with Gasteiger partial charge in [-0.15, -0.1) is 0 Å². The number of carbonyl (C=O) groups is 1. The van der Waals surface area contributed by atoms with Gasteiger partial charge in [0.05, 0.1) is 32.9 Å². The molecule has 0 aliphatic heterocycles. The molecule has 0 saturated heterocycles. The van der Waals surface area contributed by atoms with Crippen molar-refractivity contribution >= 4 is 17.0 Å². The highest BCUT2D eigenvalue weighted by Gasteiger charge is 2.21. The van der Waals surface area contributed by atoms with Crippen molar-refractivity contribution in [3.63, 3.8) is 0 Å². The fraction of sp³-hybridized carbons (Fsp3) is 0.333. The molecule has 0 spiro atoms. The van der Waals surface area contributed by atoms with E-state index < -0.39 is 12.1 Å². The molecule has 6 nitrogen and oxygen atoms in total. The van der Waals surface area contributed by atoms with Gasteiger partial charge in [-0.05, 0) is 36.4 Å². The van der Waals surface area contributed by atoms with Crippen LogP contribution in [0.2, 0.25) is 0 Å². The van der Waals surface area contributed by atoms with Gasteiger partial charge >= 0.3 is 5.97 Å². The molecule has 3 aromatic rings. The van der Waals surface area contributed by atoms with Gasteiger partial charge in [0.2, 0.25) is 0 Å². The maximum Gasteiger partial charge on any atom is 0.337 e. The van der Waals surface area contributed by atoms with Crippen LogP contribution in [0.1, 0.15) is 23.1 Å². The minimum Gasteiger partial charge on any atom is -0.847 e. The molecule has 1 unspecified atom stereocenters. The number of esters is 1. The Hall–Kier alpha value is -2.86. The van der Waals surface area contributed by atoms with Gasteiger partial charge < -0.3 is 14.6 Å². The standard InChI is InChI=1S/C21H24N2O4/c1-4-20-22(2)18-7-5-6-8-19(18)23(20)13-16(24)14-27-17-11-9-15(10-12-17)21(25)26-3/h5-12,16H,4,13-14H2,1-3H3. The monoisotopic (exact) mass is 368 g/mol. The third-order valence-corrected chi connectivity index (χ3v) is 4.65. The molecule has 1 atom stereocenters. The van der Waals surface area contributed by atoms with E-state index in [1.807, 2.05) is 25.2 Å². The molecule has 27 heavy (non-hydrogen) atoms. The molecule has 0 bridgehead atoms. The summed E-state index contributed by atoms with van der Waals surface area (Å²) in [5, 5.41) is 12.6. The van der Waals surface area contributed by atoms with Crippen LogP contribution in [0.4, 0.5) is 0 Å². The molecule has 1 heterocycles. The minimum absolute atomic E-state index is 0.0525. The summed E-state index contributed by atoms with van der Waals surface area (Å²) in [5.74, 6) is 1.27. The molecule has 3 rings (SSSR count). The molecule has 0 aliphatic rings. The van der Waals surface area contributed by atoms with Crippen LogP contribution < -0.4 is 14.4 Å². The van der Waals surface area contributed by atoms with Gasteiger partial charge in [0, 0.05) is 6.42 Å². The summed E-state index contributed by atoms with van der Waals surface area (Å²) in [6.45, 7) is 2.48. The highest BCUT2D eigenvalue weighted by molar-refractivity contribution is 5.89. The molecule has 0 N–H and O–H groups in total. The average Bonchev–Trinajstić information content (AvgIpc) is 2.97. The fourth-order valence-corrected chi connectivity index (χ4v) is 3.32. The van der Waals surface area contributed by atoms with Crippen LogP contribution in [0.25, 0.3) is 11.0 Å². The summed E-state index contributed by atoms with van der Waals surface area (Å²) < 4.78 is 14.5. The SMILES string of the molecule is CCc1n(CC([O-])COc2ccc(C(=O)OC)cc2)c2ccccc2[n+]1C. The van der Waals surface area contributed by atoms with Gasteiger partial charge in [0.15, 0.2) is 11.0 Å². The van der Waals surface area contributed by atoms with E-state index in [-0.39, 0.29) is 6.61 Å². The number of aryl methyl sites for hydroxylation is 1. The van der Waals surface area contributed by atoms with E-state index in [1.165, 1.54) is 7.11 Å². The van der Waals surface area contributed by atoms with Crippen LogP contribution in [0.15, 0.2) is 48.5 Å². The van der Waals surface area contributed by atoms with Crippen molar-refractivity contribution in [3.05, 3.63) is 59.9 Å². The summed E-state index contributed by atoms with van der Waals surface area (Å²) in [5.41, 5.74) is 2.61. The van der Waals surface area contributed by atoms with E-state index >= 15 is 0 Å². The third kappa shape index (κ3) is 3.95. The number of nitrogens with zero attached hydrogens (tertiary/aromatic N) is 2. The lowest BCUT2D eigenvalue weighted by atomic mass is 10.2. The zero-order chi connectivity index (χ0) is 19.4. The molecular formula is C21H24N2O4. The van der Waals surface area contributed by atoms with Gasteiger partial charge in [-0.2, -0.15) is 0 Å². The predicted molar refractivity (Wildman–Crippen MR) is 99.6 cm³/mol. The number of ether oxygens (including phenoxy) is 2. The number of fused-ring (bicyclic) bond motifs is 1. The summed E-state index contributed by atoms with van der Waals surface area (Å²) >= 11 is 0. The van der Waals surface area contributed by atoms with Gasteiger partial charge in [0.25, 0.3) is 5.82 Å². The number of rotatable bonds is 7. The zero-order valence-corrected chi connectivity index (χ0v) is 15.8. The molecule has 142 valence electrons. The van der Waals surface area contributed by atoms with Crippen LogP contribution in [0.5, 0.6) is 5.75 Å². The number of aromatic nitrogens is 2. The molecular weight excluding hydrogens is 344 g/mol. The Kier molecular flexibility index (Phi) is 5.76. The maximum absolute atomic E-state index is 12.6. The largest absolute Gasteiger partial charge is 0.847 e. The molecule has 0 aliphatic carbocycles. The van der Waals surface area contributed by atoms with E-state index in [1.54, 1.807) is 24.3 Å². The van der Waals surface area contributed by atoms with Crippen molar-refractivity contribution in [2.45, 2.75) is 26.0 Å². The molecule has 0 radical (unpaired) electrons. The summed E-state index contributed by atoms with van der Waals surface area (Å²) in [6, 6.07) is 14.7. The van der Waals surface area contributed by atoms with E-state index in [0.717, 1.165) is 23.3 Å². The first-order chi connectivity index (χ1) is 13.0. The molecule has 0 saturated carbocycles. The second-order valence-corrected chi connectivity index (χ2v) is 6.38. The van der Waals surface area contributed by atoms with E-state index in [4.69, 9.17) is 4.74 Å². The van der Waals surface area contributed by atoms with Gasteiger partial charge in [-0.25, -0.2) is 13.9 Å². The highest BCUT2D eigenvalue weighted by atomic mass is 16.5. The van der Waals surface area contributed by atoms with Crippen molar-refractivity contribution in [3.8, 4) is 5.75 Å². The third-order valence-electron chi connectivity index (χ3n) is 4.65. The molecule has 0 amide bonds. The number of para-hydroxylation sites is 2. The maximum atomic E-state index is 12.6. The normalized spacial score (nSPS) is 12.1. The van der Waals surface area contributed by atoms with Crippen LogP contribution in [-0.2, 0) is 24.8 Å². The second-order valence-electron chi connectivity index (χ2n) is 6.38. The van der Waals surface area contributed by atoms with Gasteiger partial charge in [-0.3, -0.25) is 0 Å². The van der Waals surface area contributed by atoms with E-state index in [2.05, 4.69) is 26.9 Å². The van der Waals surface area contributed by atoms with Crippen LogP contribution in [0.3, 0.4) is 0 Å². The lowest BCUT2D eigenvalue weighted by Crippen LogP contribution is -2.38. The second kappa shape index (κ2) is 8.22. The fourth-order valence-electron chi connectivity index (χ4n) is 3.32. The molecule has 1 aromatic heterocycles. The quantitative estimate of drug-likeness (QED) is 0.470. The number of carbonyl (C=O) groups excluding carboxylic acids is 1. The van der Waals surface area contributed by atoms with E-state index in [0.29, 0.717) is 17.9 Å². The van der Waals surface area contributed by atoms with Crippen molar-refractivity contribution in [1.29, 1.82) is 0 Å². The Morgan fingerprint density at radius 1 is 1.19 bits per heavy atom. The Labute approximate surface area is 158 Å². The van der Waals surface area contributed by atoms with Crippen LogP contribution in [0, 0.1) is 0 Å². The van der Waals surface area contributed by atoms with Crippen LogP contribution in [-0.4, -0.2) is 30.4 Å². The molecule has 2 aromatic carbocycles. The Morgan fingerprint density at radius 3 is 2.56 bits per heavy atom. The summed E-state index contributed by atoms with van der Waals surface area (Å²) in [6.07, 6.45) is -0.0697. The lowest BCUT2D eigenvalue weighted by Gasteiger charge is -2.21. The first-order valence-electron chi connectivity index (χ1n) is 8.98. The zero-order valence-electron chi connectivity index (χ0n) is 15.8. The van der Waals surface area contributed by atoms with E-state index in [9.17, 15) is 9.90 Å². The topological polar surface area (TPSA) is 67.4 Å². The summed E-state index contributed by atoms with van der Waals surface area (Å²) in [7, 11) is 3.36. The number of benzene rings is 2. The van der Waals surface area contributed by atoms with Crippen molar-refractivity contribution in [1.82, 2.24) is 4.57 Å². The number of hydrogen-bond acceptors (Lipinski definition) is 4. The first-order valence-corrected chi connectivity index (χ1v) is 8.98. The van der Waals surface area contributed by atoms with Crippen molar-refractivity contribution in [2.75, 3.05) is 13.7 Å². The number of methoxy groups -OCH3 is 1. The predicted octanol–water partition coefficient (Wildman–Crippen LogP) is 1.62. The highest BCUT2D eigenvalue weighted by Crippen LogP contribution is 2.16. The Bertz CT molecular complexity index is 931. The minimum atomic E-state index is -0.911. The van der Waals surface area contributed by atoms with Crippen LogP contribution >= 0.6 is 0 Å².